The number of hydrogen-bond donors (Lipinski definition) is 1. The van der Waals surface area contributed by atoms with E-state index in [2.05, 4.69) is 20.7 Å². The molecule has 0 aliphatic carbocycles. The molecule has 2 nitrogen and oxygen atoms in total. The Labute approximate surface area is 45.2 Å². The molecule has 0 aromatic rings. The Bertz CT molecular complexity index is 54.8. The van der Waals surface area contributed by atoms with Crippen LogP contribution in [0.15, 0.2) is 0 Å². The summed E-state index contributed by atoms with van der Waals surface area (Å²) in [6, 6.07) is 0. The van der Waals surface area contributed by atoms with Gasteiger partial charge >= 0.3 is 44.5 Å². The molecule has 1 N–H and O–H groups in total. The van der Waals surface area contributed by atoms with E-state index in [0.29, 0.717) is 6.61 Å². The number of rotatable bonds is 1. The van der Waals surface area contributed by atoms with Crippen molar-refractivity contribution in [3.8, 4) is 0 Å². The third kappa shape index (κ3) is 3.99. The minimum atomic E-state index is 0.164. The van der Waals surface area contributed by atoms with E-state index < -0.39 is 0 Å². The van der Waals surface area contributed by atoms with Gasteiger partial charge in [0.2, 0.25) is 0 Å². The Balaban J connectivity index is 2.83. The molecule has 1 radical (unpaired) electrons. The van der Waals surface area contributed by atoms with Crippen LogP contribution in [0.2, 0.25) is 0 Å². The summed E-state index contributed by atoms with van der Waals surface area (Å²) in [5, 5.41) is 6.62. The van der Waals surface area contributed by atoms with Gasteiger partial charge in [0, 0.05) is 0 Å². The summed E-state index contributed by atoms with van der Waals surface area (Å²) in [6.07, 6.45) is 0. The Kier molecular flexibility index (Phi) is 3.18. The van der Waals surface area contributed by atoms with Gasteiger partial charge in [0.1, 0.15) is 0 Å². The van der Waals surface area contributed by atoms with Crippen molar-refractivity contribution in [3.05, 3.63) is 0 Å². The molecule has 0 heterocycles. The first-order valence-electron chi connectivity index (χ1n) is 1.65. The third-order valence-electron chi connectivity index (χ3n) is 0.275. The van der Waals surface area contributed by atoms with Gasteiger partial charge in [-0.05, 0) is 0 Å². The summed E-state index contributed by atoms with van der Waals surface area (Å²) in [6.45, 7) is 2.41. The standard InChI is InChI=1S/C3H6NOSe/c1-2-5-3(4)6/h4H,2H2,1H3. The van der Waals surface area contributed by atoms with Gasteiger partial charge in [-0.15, -0.1) is 0 Å². The fourth-order valence-electron chi connectivity index (χ4n) is 0.131. The van der Waals surface area contributed by atoms with Crippen molar-refractivity contribution >= 4 is 20.8 Å². The molecule has 0 spiro atoms. The summed E-state index contributed by atoms with van der Waals surface area (Å²) >= 11 is 2.40. The summed E-state index contributed by atoms with van der Waals surface area (Å²) in [5.74, 6) is 0. The van der Waals surface area contributed by atoms with Crippen molar-refractivity contribution < 1.29 is 4.74 Å². The van der Waals surface area contributed by atoms with Crippen molar-refractivity contribution in [2.45, 2.75) is 6.92 Å². The Morgan fingerprint density at radius 3 is 2.50 bits per heavy atom. The van der Waals surface area contributed by atoms with Crippen LogP contribution in [0, 0.1) is 5.41 Å². The molecule has 0 aliphatic rings. The van der Waals surface area contributed by atoms with Crippen LogP contribution in [0.3, 0.4) is 0 Å². The maximum atomic E-state index is 6.62. The molecule has 0 saturated heterocycles. The molecule has 0 unspecified atom stereocenters. The monoisotopic (exact) mass is 152 g/mol. The topological polar surface area (TPSA) is 33.1 Å². The predicted molar refractivity (Wildman–Crippen MR) is 25.1 cm³/mol. The number of hydrogen-bond acceptors (Lipinski definition) is 2. The van der Waals surface area contributed by atoms with E-state index in [1.165, 1.54) is 0 Å². The van der Waals surface area contributed by atoms with E-state index in [-0.39, 0.29) is 4.80 Å². The van der Waals surface area contributed by atoms with E-state index in [1.54, 1.807) is 0 Å². The van der Waals surface area contributed by atoms with Crippen molar-refractivity contribution in [3.63, 3.8) is 0 Å². The Morgan fingerprint density at radius 1 is 2.00 bits per heavy atom. The molecule has 6 heavy (non-hydrogen) atoms. The summed E-state index contributed by atoms with van der Waals surface area (Å²) in [4.78, 5) is 0.164. The minimum absolute atomic E-state index is 0.164. The number of ether oxygens (including phenoxy) is 1. The molecular weight excluding hydrogens is 145 g/mol. The second kappa shape index (κ2) is 3.19. The van der Waals surface area contributed by atoms with Crippen molar-refractivity contribution in [2.75, 3.05) is 6.61 Å². The van der Waals surface area contributed by atoms with Crippen LogP contribution >= 0.6 is 0 Å². The molecule has 0 aromatic heterocycles. The molecular formula is C3H6NOSe. The van der Waals surface area contributed by atoms with E-state index in [4.69, 9.17) is 5.41 Å². The zero-order valence-electron chi connectivity index (χ0n) is 3.52. The van der Waals surface area contributed by atoms with E-state index >= 15 is 0 Å². The molecule has 0 bridgehead atoms. The maximum absolute atomic E-state index is 6.62. The third-order valence-corrected chi connectivity index (χ3v) is 0.523. The second-order valence-electron chi connectivity index (χ2n) is 0.720. The van der Waals surface area contributed by atoms with Gasteiger partial charge in [-0.3, -0.25) is 0 Å². The second-order valence-corrected chi connectivity index (χ2v) is 1.50. The van der Waals surface area contributed by atoms with Crippen molar-refractivity contribution in [2.24, 2.45) is 0 Å². The molecule has 0 aliphatic heterocycles. The summed E-state index contributed by atoms with van der Waals surface area (Å²) < 4.78 is 4.57. The van der Waals surface area contributed by atoms with Gasteiger partial charge in [-0.1, -0.05) is 0 Å². The van der Waals surface area contributed by atoms with Gasteiger partial charge in [-0.25, -0.2) is 0 Å². The predicted octanol–water partition coefficient (Wildman–Crippen LogP) is 0.126. The van der Waals surface area contributed by atoms with Crippen LogP contribution in [0.4, 0.5) is 0 Å². The van der Waals surface area contributed by atoms with Gasteiger partial charge in [0.25, 0.3) is 0 Å². The van der Waals surface area contributed by atoms with Crippen LogP contribution in [0.1, 0.15) is 6.92 Å². The normalized spacial score (nSPS) is 7.50. The summed E-state index contributed by atoms with van der Waals surface area (Å²) in [5.41, 5.74) is 0. The van der Waals surface area contributed by atoms with Crippen LogP contribution in [0.5, 0.6) is 0 Å². The van der Waals surface area contributed by atoms with Gasteiger partial charge in [0.15, 0.2) is 0 Å². The molecule has 0 saturated carbocycles. The van der Waals surface area contributed by atoms with Crippen molar-refractivity contribution in [1.29, 1.82) is 5.41 Å². The fraction of sp³-hybridized carbons (Fsp3) is 0.667. The first-order valence-corrected chi connectivity index (χ1v) is 2.51. The summed E-state index contributed by atoms with van der Waals surface area (Å²) in [7, 11) is 0. The number of nitrogens with one attached hydrogen (secondary N) is 1. The molecule has 35 valence electrons. The quantitative estimate of drug-likeness (QED) is 0.322. The Morgan fingerprint density at radius 2 is 2.50 bits per heavy atom. The zero-order valence-corrected chi connectivity index (χ0v) is 5.24. The first kappa shape index (κ1) is 5.99. The average molecular weight is 151 g/mol. The van der Waals surface area contributed by atoms with Crippen LogP contribution in [-0.4, -0.2) is 27.4 Å². The first-order chi connectivity index (χ1) is 2.77. The zero-order chi connectivity index (χ0) is 4.99. The van der Waals surface area contributed by atoms with Gasteiger partial charge in [0.05, 0.1) is 0 Å². The van der Waals surface area contributed by atoms with E-state index in [0.717, 1.165) is 0 Å². The van der Waals surface area contributed by atoms with Crippen LogP contribution in [0.25, 0.3) is 0 Å². The molecule has 0 rings (SSSR count). The molecule has 0 aromatic carbocycles. The molecule has 3 heteroatoms. The van der Waals surface area contributed by atoms with Crippen molar-refractivity contribution in [1.82, 2.24) is 0 Å². The molecule has 0 fully saturated rings. The van der Waals surface area contributed by atoms with E-state index in [1.807, 2.05) is 6.92 Å². The molecule has 0 amide bonds. The van der Waals surface area contributed by atoms with Gasteiger partial charge in [-0.2, -0.15) is 0 Å². The Hall–Kier alpha value is -0.0105. The fourth-order valence-corrected chi connectivity index (χ4v) is 0.378. The SMILES string of the molecule is CCOC(=N)[Se]. The van der Waals surface area contributed by atoms with Crippen LogP contribution in [-0.2, 0) is 4.74 Å². The van der Waals surface area contributed by atoms with Crippen LogP contribution < -0.4 is 0 Å². The average Bonchev–Trinajstić information content (AvgIpc) is 1.35. The van der Waals surface area contributed by atoms with Gasteiger partial charge < -0.3 is 0 Å². The molecule has 0 atom stereocenters. The van der Waals surface area contributed by atoms with E-state index in [9.17, 15) is 0 Å².